The van der Waals surface area contributed by atoms with E-state index in [-0.39, 0.29) is 0 Å². The summed E-state index contributed by atoms with van der Waals surface area (Å²) in [5.74, 6) is 0.973. The summed E-state index contributed by atoms with van der Waals surface area (Å²) >= 11 is 0. The van der Waals surface area contributed by atoms with Gasteiger partial charge < -0.3 is 5.32 Å². The van der Waals surface area contributed by atoms with Crippen molar-refractivity contribution < 1.29 is 0 Å². The molecule has 0 aromatic heterocycles. The summed E-state index contributed by atoms with van der Waals surface area (Å²) in [6, 6.07) is 0.807. The van der Waals surface area contributed by atoms with Crippen molar-refractivity contribution in [1.82, 2.24) is 5.32 Å². The van der Waals surface area contributed by atoms with E-state index in [0.717, 1.165) is 12.0 Å². The summed E-state index contributed by atoms with van der Waals surface area (Å²) in [6.07, 6.45) is 15.9. The fourth-order valence-corrected chi connectivity index (χ4v) is 3.02. The Morgan fingerprint density at radius 1 is 1.24 bits per heavy atom. The van der Waals surface area contributed by atoms with E-state index < -0.39 is 0 Å². The van der Waals surface area contributed by atoms with Crippen molar-refractivity contribution in [3.63, 3.8) is 0 Å². The fraction of sp³-hybridized carbons (Fsp3) is 0.875. The molecule has 100 valence electrons. The second-order valence-corrected chi connectivity index (χ2v) is 5.53. The van der Waals surface area contributed by atoms with Crippen LogP contribution in [0.2, 0.25) is 0 Å². The molecule has 0 amide bonds. The van der Waals surface area contributed by atoms with E-state index >= 15 is 0 Å². The molecule has 1 N–H and O–H groups in total. The predicted octanol–water partition coefficient (Wildman–Crippen LogP) is 4.68. The minimum atomic E-state index is 0.807. The number of unbranched alkanes of at least 4 members (excludes halogenated alkanes) is 3. The second-order valence-electron chi connectivity index (χ2n) is 5.53. The summed E-state index contributed by atoms with van der Waals surface area (Å²) in [5.41, 5.74) is 0. The number of nitrogens with one attached hydrogen (secondary N) is 1. The molecule has 0 saturated heterocycles. The van der Waals surface area contributed by atoms with E-state index in [1.807, 2.05) is 6.08 Å². The Bertz CT molecular complexity index is 182. The monoisotopic (exact) mass is 237 g/mol. The molecule has 0 aromatic carbocycles. The molecular weight excluding hydrogens is 206 g/mol. The lowest BCUT2D eigenvalue weighted by molar-refractivity contribution is 0.331. The first-order valence-corrected chi connectivity index (χ1v) is 7.72. The molecule has 1 rings (SSSR count). The molecule has 1 heteroatoms. The van der Waals surface area contributed by atoms with Crippen LogP contribution in [0.1, 0.15) is 71.1 Å². The van der Waals surface area contributed by atoms with Crippen molar-refractivity contribution in [2.24, 2.45) is 5.92 Å². The molecule has 0 radical (unpaired) electrons. The molecule has 1 unspecified atom stereocenters. The maximum absolute atomic E-state index is 3.78. The van der Waals surface area contributed by atoms with Gasteiger partial charge in [0.1, 0.15) is 0 Å². The van der Waals surface area contributed by atoms with Crippen LogP contribution in [-0.4, -0.2) is 12.6 Å². The third-order valence-corrected chi connectivity index (χ3v) is 4.05. The van der Waals surface area contributed by atoms with Crippen LogP contribution < -0.4 is 5.32 Å². The number of hydrogen-bond donors (Lipinski definition) is 1. The van der Waals surface area contributed by atoms with Crippen molar-refractivity contribution in [3.05, 3.63) is 12.7 Å². The zero-order valence-corrected chi connectivity index (χ0v) is 11.7. The van der Waals surface area contributed by atoms with E-state index in [0.29, 0.717) is 0 Å². The zero-order chi connectivity index (χ0) is 12.3. The molecule has 17 heavy (non-hydrogen) atoms. The molecule has 0 bridgehead atoms. The molecule has 0 heterocycles. The van der Waals surface area contributed by atoms with Crippen molar-refractivity contribution in [3.8, 4) is 0 Å². The molecule has 1 nitrogen and oxygen atoms in total. The average Bonchev–Trinajstić information content (AvgIpc) is 2.86. The van der Waals surface area contributed by atoms with E-state index in [4.69, 9.17) is 0 Å². The maximum atomic E-state index is 3.78. The Hall–Kier alpha value is -0.300. The zero-order valence-electron chi connectivity index (χ0n) is 11.7. The minimum Gasteiger partial charge on any atom is -0.314 e. The van der Waals surface area contributed by atoms with Crippen LogP contribution in [0, 0.1) is 5.92 Å². The topological polar surface area (TPSA) is 12.0 Å². The van der Waals surface area contributed by atoms with Gasteiger partial charge in [-0.3, -0.25) is 0 Å². The summed E-state index contributed by atoms with van der Waals surface area (Å²) in [4.78, 5) is 0. The van der Waals surface area contributed by atoms with Gasteiger partial charge in [0.2, 0.25) is 0 Å². The third kappa shape index (κ3) is 6.26. The normalized spacial score (nSPS) is 18.4. The van der Waals surface area contributed by atoms with E-state index in [1.165, 1.54) is 70.8 Å². The lowest BCUT2D eigenvalue weighted by Crippen LogP contribution is -2.35. The highest BCUT2D eigenvalue weighted by molar-refractivity contribution is 4.80. The molecule has 0 spiro atoms. The van der Waals surface area contributed by atoms with Crippen molar-refractivity contribution >= 4 is 0 Å². The smallest absolute Gasteiger partial charge is 0.00953 e. The van der Waals surface area contributed by atoms with E-state index in [1.54, 1.807) is 0 Å². The highest BCUT2D eigenvalue weighted by Crippen LogP contribution is 2.29. The number of rotatable bonds is 10. The van der Waals surface area contributed by atoms with Crippen LogP contribution in [-0.2, 0) is 0 Å². The van der Waals surface area contributed by atoms with Gasteiger partial charge in [-0.05, 0) is 51.0 Å². The maximum Gasteiger partial charge on any atom is 0.00953 e. The molecule has 1 aliphatic carbocycles. The van der Waals surface area contributed by atoms with Gasteiger partial charge in [-0.2, -0.15) is 0 Å². The molecule has 1 atom stereocenters. The van der Waals surface area contributed by atoms with Gasteiger partial charge in [-0.15, -0.1) is 6.58 Å². The summed E-state index contributed by atoms with van der Waals surface area (Å²) in [7, 11) is 0. The lowest BCUT2D eigenvalue weighted by Gasteiger charge is -2.24. The Balaban J connectivity index is 2.17. The highest BCUT2D eigenvalue weighted by Gasteiger charge is 2.23. The van der Waals surface area contributed by atoms with Gasteiger partial charge in [0, 0.05) is 6.04 Å². The Labute approximate surface area is 108 Å². The Kier molecular flexibility index (Phi) is 8.42. The first-order chi connectivity index (χ1) is 8.38. The predicted molar refractivity (Wildman–Crippen MR) is 77.3 cm³/mol. The van der Waals surface area contributed by atoms with E-state index in [9.17, 15) is 0 Å². The quantitative estimate of drug-likeness (QED) is 0.429. The lowest BCUT2D eigenvalue weighted by atomic mass is 9.93. The molecule has 1 fully saturated rings. The first-order valence-electron chi connectivity index (χ1n) is 7.72. The van der Waals surface area contributed by atoms with Gasteiger partial charge in [-0.25, -0.2) is 0 Å². The number of allylic oxidation sites excluding steroid dienone is 1. The van der Waals surface area contributed by atoms with E-state index in [2.05, 4.69) is 18.8 Å². The fourth-order valence-electron chi connectivity index (χ4n) is 3.02. The Morgan fingerprint density at radius 3 is 2.65 bits per heavy atom. The highest BCUT2D eigenvalue weighted by atomic mass is 14.9. The van der Waals surface area contributed by atoms with Crippen molar-refractivity contribution in [1.29, 1.82) is 0 Å². The SMILES string of the molecule is C=CCCCCCC(NCCC)C1CCCC1. The minimum absolute atomic E-state index is 0.807. The van der Waals surface area contributed by atoms with Gasteiger partial charge in [0.25, 0.3) is 0 Å². The second kappa shape index (κ2) is 9.70. The van der Waals surface area contributed by atoms with Gasteiger partial charge in [-0.1, -0.05) is 38.7 Å². The third-order valence-electron chi connectivity index (χ3n) is 4.05. The molecular formula is C16H31N. The van der Waals surface area contributed by atoms with Crippen LogP contribution >= 0.6 is 0 Å². The van der Waals surface area contributed by atoms with Gasteiger partial charge in [0.05, 0.1) is 0 Å². The van der Waals surface area contributed by atoms with Crippen LogP contribution in [0.15, 0.2) is 12.7 Å². The van der Waals surface area contributed by atoms with Crippen molar-refractivity contribution in [2.45, 2.75) is 77.2 Å². The number of hydrogen-bond acceptors (Lipinski definition) is 1. The van der Waals surface area contributed by atoms with Gasteiger partial charge in [0.15, 0.2) is 0 Å². The molecule has 0 aliphatic heterocycles. The van der Waals surface area contributed by atoms with Crippen LogP contribution in [0.3, 0.4) is 0 Å². The largest absolute Gasteiger partial charge is 0.314 e. The summed E-state index contributed by atoms with van der Waals surface area (Å²) < 4.78 is 0. The molecule has 0 aromatic rings. The van der Waals surface area contributed by atoms with Gasteiger partial charge >= 0.3 is 0 Å². The van der Waals surface area contributed by atoms with Crippen LogP contribution in [0.5, 0.6) is 0 Å². The van der Waals surface area contributed by atoms with Crippen molar-refractivity contribution in [2.75, 3.05) is 6.54 Å². The average molecular weight is 237 g/mol. The Morgan fingerprint density at radius 2 is 2.00 bits per heavy atom. The molecule has 1 saturated carbocycles. The summed E-state index contributed by atoms with van der Waals surface area (Å²) in [6.45, 7) is 7.25. The summed E-state index contributed by atoms with van der Waals surface area (Å²) in [5, 5.41) is 3.78. The first kappa shape index (κ1) is 14.8. The molecule has 1 aliphatic rings. The van der Waals surface area contributed by atoms with Crippen LogP contribution in [0.4, 0.5) is 0 Å². The standard InChI is InChI=1S/C16H31N/c1-3-5-6-7-8-13-16(17-14-4-2)15-11-9-10-12-15/h3,15-17H,1,4-14H2,2H3. The van der Waals surface area contributed by atoms with Crippen LogP contribution in [0.25, 0.3) is 0 Å².